The molecule has 0 amide bonds. The van der Waals surface area contributed by atoms with Crippen LogP contribution in [0.5, 0.6) is 0 Å². The third-order valence-electron chi connectivity index (χ3n) is 17.9. The Balaban J connectivity index is 0.000000158. The number of halogens is 5. The lowest BCUT2D eigenvalue weighted by atomic mass is 9.74. The monoisotopic (exact) mass is 1290 g/mol. The minimum atomic E-state index is -0.529. The van der Waals surface area contributed by atoms with Crippen LogP contribution in [0.15, 0.2) is 193 Å². The van der Waals surface area contributed by atoms with Gasteiger partial charge >= 0.3 is 0 Å². The van der Waals surface area contributed by atoms with Gasteiger partial charge in [-0.15, -0.1) is 22.7 Å². The van der Waals surface area contributed by atoms with Gasteiger partial charge in [0.05, 0.1) is 38.3 Å². The molecule has 9 aromatic carbocycles. The molecule has 4 heterocycles. The molecule has 90 heavy (non-hydrogen) atoms. The Labute approximate surface area is 548 Å². The van der Waals surface area contributed by atoms with E-state index in [4.69, 9.17) is 46.4 Å². The van der Waals surface area contributed by atoms with E-state index in [1.165, 1.54) is 50.8 Å². The van der Waals surface area contributed by atoms with Gasteiger partial charge < -0.3 is 9.80 Å². The minimum Gasteiger partial charge on any atom is -0.301 e. The number of ketones is 4. The molecule has 442 valence electrons. The standard InChI is InChI=1S/C39H23Cl3FNO2S.C38H30ClNO2S/c1-39(2)28-15-20(35-30(41)16-21(40)17-31(35)42)11-13-34(28)44(33-14-12-32(43)23-7-3-4-8-24(23)33)38-29(39)19-22(47-38)18-27-36(45)25-9-5-6-10-26(25)37(27)46;1-21-16-22(2)34(23(3)17-21)24-10-15-33-31(18-24)38(4,5)32-20-27(43-37(32)40(33)26-13-11-25(39)12-14-26)19-30-35(41)28-8-6-7-9-29(28)36(30)42/h3-19H,1-2H3;6-20H,1-5H3. The van der Waals surface area contributed by atoms with Gasteiger partial charge in [0, 0.05) is 74.9 Å². The van der Waals surface area contributed by atoms with E-state index in [-0.39, 0.29) is 45.5 Å². The number of hydrogen-bond donors (Lipinski definition) is 0. The number of benzene rings is 9. The van der Waals surface area contributed by atoms with Crippen molar-refractivity contribution in [1.82, 2.24) is 0 Å². The van der Waals surface area contributed by atoms with Gasteiger partial charge in [0.25, 0.3) is 0 Å². The van der Waals surface area contributed by atoms with E-state index in [0.29, 0.717) is 53.3 Å². The molecule has 0 N–H and O–H groups in total. The Morgan fingerprint density at radius 2 is 0.844 bits per heavy atom. The van der Waals surface area contributed by atoms with Crippen molar-refractivity contribution in [3.8, 4) is 22.3 Å². The number of Topliss-reactive ketones (excluding diaryl/α,β-unsaturated/α-hetero) is 4. The molecule has 0 unspecified atom stereocenters. The third kappa shape index (κ3) is 9.63. The maximum atomic E-state index is 15.1. The van der Waals surface area contributed by atoms with Gasteiger partial charge in [-0.2, -0.15) is 0 Å². The number of aryl methyl sites for hydroxylation is 3. The predicted molar refractivity (Wildman–Crippen MR) is 371 cm³/mol. The smallest absolute Gasteiger partial charge is 0.197 e. The van der Waals surface area contributed by atoms with Crippen LogP contribution in [0.2, 0.25) is 20.1 Å². The first kappa shape index (κ1) is 59.1. The largest absolute Gasteiger partial charge is 0.301 e. The lowest BCUT2D eigenvalue weighted by Crippen LogP contribution is -2.29. The molecule has 0 radical (unpaired) electrons. The number of carbonyl (C=O) groups excluding carboxylic acids is 4. The van der Waals surface area contributed by atoms with E-state index in [9.17, 15) is 19.2 Å². The molecule has 0 bridgehead atoms. The zero-order valence-corrected chi connectivity index (χ0v) is 54.4. The normalized spacial score (nSPS) is 14.8. The van der Waals surface area contributed by atoms with Crippen molar-refractivity contribution >= 4 is 148 Å². The number of fused-ring (bicyclic) bond motifs is 7. The summed E-state index contributed by atoms with van der Waals surface area (Å²) in [5, 5.41) is 5.24. The molecule has 0 saturated carbocycles. The molecule has 15 rings (SSSR count). The SMILES string of the molecule is CC1(C)c2cc(-c3c(Cl)cc(Cl)cc3Cl)ccc2N(c2ccc(F)c3ccccc23)c2sc(C=C3C(=O)c4ccccc4C3=O)cc21.Cc1cc(C)c(-c2ccc3c(c2)C(C)(C)c2cc(C=C4C(=O)c5ccccc5C4=O)sc2N3c2ccc(Cl)cc2)c(C)c1. The zero-order valence-electron chi connectivity index (χ0n) is 49.7. The van der Waals surface area contributed by atoms with Crippen LogP contribution in [0, 0.1) is 26.6 Å². The van der Waals surface area contributed by atoms with Gasteiger partial charge in [0.15, 0.2) is 23.1 Å². The molecule has 0 atom stereocenters. The van der Waals surface area contributed by atoms with Crippen LogP contribution in [0.4, 0.5) is 37.1 Å². The Morgan fingerprint density at radius 3 is 1.33 bits per heavy atom. The quantitative estimate of drug-likeness (QED) is 0.122. The summed E-state index contributed by atoms with van der Waals surface area (Å²) in [6.07, 6.45) is 3.48. The van der Waals surface area contributed by atoms with Gasteiger partial charge in [0.1, 0.15) is 15.8 Å². The molecular weight excluding hydrogens is 1240 g/mol. The van der Waals surface area contributed by atoms with Crippen LogP contribution in [0.3, 0.4) is 0 Å². The second kappa shape index (κ2) is 22.2. The molecule has 2 aliphatic heterocycles. The van der Waals surface area contributed by atoms with E-state index in [1.54, 1.807) is 96.3 Å². The second-order valence-electron chi connectivity index (χ2n) is 24.3. The predicted octanol–water partition coefficient (Wildman–Crippen LogP) is 22.8. The molecule has 6 nitrogen and oxygen atoms in total. The topological polar surface area (TPSA) is 74.8 Å². The summed E-state index contributed by atoms with van der Waals surface area (Å²) in [5.74, 6) is -1.28. The van der Waals surface area contributed by atoms with Crippen molar-refractivity contribution in [3.63, 3.8) is 0 Å². The fourth-order valence-electron chi connectivity index (χ4n) is 13.5. The second-order valence-corrected chi connectivity index (χ2v) is 28.1. The first-order valence-electron chi connectivity index (χ1n) is 29.2. The number of allylic oxidation sites excluding steroid dienone is 2. The van der Waals surface area contributed by atoms with Crippen molar-refractivity contribution in [1.29, 1.82) is 0 Å². The van der Waals surface area contributed by atoms with E-state index < -0.39 is 5.41 Å². The van der Waals surface area contributed by atoms with E-state index in [0.717, 1.165) is 70.1 Å². The first-order valence-corrected chi connectivity index (χ1v) is 32.4. The first-order chi connectivity index (χ1) is 43.1. The summed E-state index contributed by atoms with van der Waals surface area (Å²) in [5.41, 5.74) is 17.2. The van der Waals surface area contributed by atoms with Crippen LogP contribution >= 0.6 is 69.1 Å². The highest BCUT2D eigenvalue weighted by Crippen LogP contribution is 2.59. The average molecular weight is 1300 g/mol. The fraction of sp³-hybridized carbons (Fsp3) is 0.117. The van der Waals surface area contributed by atoms with Crippen LogP contribution in [-0.2, 0) is 10.8 Å². The summed E-state index contributed by atoms with van der Waals surface area (Å²) in [6, 6.07) is 57.5. The third-order valence-corrected chi connectivity index (χ3v) is 21.1. The molecule has 4 aliphatic rings. The summed E-state index contributed by atoms with van der Waals surface area (Å²) in [6.45, 7) is 15.3. The molecule has 0 saturated heterocycles. The Bertz CT molecular complexity index is 4930. The van der Waals surface area contributed by atoms with Gasteiger partial charge in [-0.1, -0.05) is 177 Å². The molecule has 13 heteroatoms. The number of anilines is 6. The maximum Gasteiger partial charge on any atom is 0.197 e. The number of carbonyl (C=O) groups is 4. The van der Waals surface area contributed by atoms with Crippen LogP contribution < -0.4 is 9.80 Å². The van der Waals surface area contributed by atoms with Crippen molar-refractivity contribution in [2.24, 2.45) is 0 Å². The molecule has 2 aromatic heterocycles. The summed E-state index contributed by atoms with van der Waals surface area (Å²) in [7, 11) is 0. The van der Waals surface area contributed by atoms with Gasteiger partial charge in [0.2, 0.25) is 0 Å². The molecular formula is C77H53Cl4FN2O4S2. The molecule has 0 fully saturated rings. The summed E-state index contributed by atoms with van der Waals surface area (Å²) >= 11 is 29.0. The Hall–Kier alpha value is -8.51. The minimum absolute atomic E-state index is 0.146. The van der Waals surface area contributed by atoms with E-state index >= 15 is 4.39 Å². The number of thiophene rings is 2. The van der Waals surface area contributed by atoms with Crippen molar-refractivity contribution < 1.29 is 23.6 Å². The van der Waals surface area contributed by atoms with Gasteiger partial charge in [-0.25, -0.2) is 4.39 Å². The van der Waals surface area contributed by atoms with Crippen molar-refractivity contribution in [2.75, 3.05) is 9.80 Å². The summed E-state index contributed by atoms with van der Waals surface area (Å²) < 4.78 is 15.1. The molecule has 0 spiro atoms. The number of rotatable bonds is 6. The number of nitrogens with zero attached hydrogens (tertiary/aromatic N) is 2. The van der Waals surface area contributed by atoms with Crippen molar-refractivity contribution in [3.05, 3.63) is 290 Å². The number of hydrogen-bond acceptors (Lipinski definition) is 8. The Morgan fingerprint density at radius 1 is 0.422 bits per heavy atom. The molecule has 11 aromatic rings. The van der Waals surface area contributed by atoms with E-state index in [1.807, 2.05) is 60.7 Å². The maximum absolute atomic E-state index is 15.1. The van der Waals surface area contributed by atoms with Gasteiger partial charge in [-0.3, -0.25) is 19.2 Å². The van der Waals surface area contributed by atoms with Crippen molar-refractivity contribution in [2.45, 2.75) is 59.3 Å². The van der Waals surface area contributed by atoms with Gasteiger partial charge in [-0.05, 0) is 168 Å². The highest BCUT2D eigenvalue weighted by atomic mass is 35.5. The molecule has 2 aliphatic carbocycles. The summed E-state index contributed by atoms with van der Waals surface area (Å²) in [4.78, 5) is 59.1. The fourth-order valence-corrected chi connectivity index (χ4v) is 17.3. The van der Waals surface area contributed by atoms with Crippen LogP contribution in [-0.4, -0.2) is 23.1 Å². The zero-order chi connectivity index (χ0) is 63.0. The average Bonchev–Trinajstić information content (AvgIpc) is 1.28. The lowest BCUT2D eigenvalue weighted by Gasteiger charge is -2.40. The highest BCUT2D eigenvalue weighted by molar-refractivity contribution is 7.17. The van der Waals surface area contributed by atoms with Crippen LogP contribution in [0.25, 0.3) is 45.2 Å². The highest BCUT2D eigenvalue weighted by Gasteiger charge is 2.43. The lowest BCUT2D eigenvalue weighted by molar-refractivity contribution is 0.0975. The van der Waals surface area contributed by atoms with E-state index in [2.05, 4.69) is 101 Å². The van der Waals surface area contributed by atoms with Crippen LogP contribution in [0.1, 0.15) is 118 Å². The Kier molecular flexibility index (Phi) is 14.6.